The Morgan fingerprint density at radius 3 is 2.75 bits per heavy atom. The van der Waals surface area contributed by atoms with Crippen LogP contribution in [0.15, 0.2) is 75.5 Å². The van der Waals surface area contributed by atoms with Crippen molar-refractivity contribution >= 4 is 34.9 Å². The zero-order chi connectivity index (χ0) is 19.5. The van der Waals surface area contributed by atoms with Crippen LogP contribution >= 0.6 is 23.4 Å². The van der Waals surface area contributed by atoms with Gasteiger partial charge in [0, 0.05) is 23.1 Å². The van der Waals surface area contributed by atoms with Crippen molar-refractivity contribution in [2.24, 2.45) is 0 Å². The molecule has 0 unspecified atom stereocenters. The average Bonchev–Trinajstić information content (AvgIpc) is 3.38. The molecule has 0 fully saturated rings. The third-order valence-corrected chi connectivity index (χ3v) is 5.18. The highest BCUT2D eigenvalue weighted by atomic mass is 35.5. The Morgan fingerprint density at radius 1 is 1.18 bits per heavy atom. The van der Waals surface area contributed by atoms with Gasteiger partial charge >= 0.3 is 5.56 Å². The third-order valence-electron chi connectivity index (χ3n) is 4.01. The van der Waals surface area contributed by atoms with Gasteiger partial charge in [0.2, 0.25) is 11.0 Å². The Kier molecular flexibility index (Phi) is 5.23. The van der Waals surface area contributed by atoms with Gasteiger partial charge in [-0.15, -0.1) is 10.2 Å². The number of thioether (sulfide) groups is 1. The summed E-state index contributed by atoms with van der Waals surface area (Å²) in [5, 5.41) is 12.4. The van der Waals surface area contributed by atoms with Gasteiger partial charge in [-0.3, -0.25) is 9.47 Å². The molecule has 1 N–H and O–H groups in total. The first-order valence-corrected chi connectivity index (χ1v) is 9.80. The number of nitrogens with zero attached hydrogens (tertiary/aromatic N) is 4. The third kappa shape index (κ3) is 3.83. The highest BCUT2D eigenvalue weighted by molar-refractivity contribution is 7.98. The smallest absolute Gasteiger partial charge is 0.316 e. The van der Waals surface area contributed by atoms with Crippen molar-refractivity contribution in [1.29, 1.82) is 0 Å². The van der Waals surface area contributed by atoms with Crippen LogP contribution in [-0.2, 0) is 5.75 Å². The molecule has 0 aliphatic heterocycles. The summed E-state index contributed by atoms with van der Waals surface area (Å²) in [7, 11) is 0. The molecule has 9 heteroatoms. The Balaban J connectivity index is 1.72. The summed E-state index contributed by atoms with van der Waals surface area (Å²) in [5.41, 5.74) is 1.32. The monoisotopic (exact) mass is 413 g/mol. The van der Waals surface area contributed by atoms with E-state index in [2.05, 4.69) is 15.5 Å². The minimum Gasteiger partial charge on any atom is -0.468 e. The molecule has 0 amide bonds. The number of hydrogen-bond acceptors (Lipinski definition) is 6. The number of furan rings is 1. The van der Waals surface area contributed by atoms with Crippen LogP contribution in [0.1, 0.15) is 11.3 Å². The fourth-order valence-corrected chi connectivity index (χ4v) is 3.59. The van der Waals surface area contributed by atoms with Crippen LogP contribution in [0.2, 0.25) is 5.02 Å². The molecular formula is C19H16ClN5O2S. The highest BCUT2D eigenvalue weighted by Gasteiger charge is 2.15. The first-order chi connectivity index (χ1) is 13.6. The number of nitrogens with one attached hydrogen (secondary N) is 1. The summed E-state index contributed by atoms with van der Waals surface area (Å²) in [4.78, 5) is 13.2. The molecule has 0 saturated heterocycles. The summed E-state index contributed by atoms with van der Waals surface area (Å²) < 4.78 is 8.48. The van der Waals surface area contributed by atoms with Gasteiger partial charge in [-0.25, -0.2) is 0 Å². The fourth-order valence-electron chi connectivity index (χ4n) is 2.58. The summed E-state index contributed by atoms with van der Waals surface area (Å²) in [6.45, 7) is 1.92. The molecule has 142 valence electrons. The molecule has 0 aliphatic rings. The lowest BCUT2D eigenvalue weighted by Crippen LogP contribution is -2.30. The molecule has 4 rings (SSSR count). The largest absolute Gasteiger partial charge is 0.468 e. The first kappa shape index (κ1) is 18.4. The standard InChI is InChI=1S/C19H16ClN5O2S/c1-13-6-7-14(20)11-16(13)21-17-18(26)25(24-8-2-3-9-24)19(23-22-17)28-12-15-5-4-10-27-15/h2-11H,12H2,1H3,(H,21,22). The number of hydrogen-bond donors (Lipinski definition) is 1. The lowest BCUT2D eigenvalue weighted by Gasteiger charge is -2.14. The van der Waals surface area contributed by atoms with Gasteiger partial charge in [-0.2, -0.15) is 4.68 Å². The maximum absolute atomic E-state index is 13.2. The maximum atomic E-state index is 13.2. The number of aromatic nitrogens is 4. The predicted octanol–water partition coefficient (Wildman–Crippen LogP) is 4.34. The van der Waals surface area contributed by atoms with E-state index < -0.39 is 0 Å². The molecule has 0 bridgehead atoms. The van der Waals surface area contributed by atoms with E-state index in [1.165, 1.54) is 16.4 Å². The van der Waals surface area contributed by atoms with Crippen LogP contribution < -0.4 is 10.9 Å². The van der Waals surface area contributed by atoms with Gasteiger partial charge in [0.25, 0.3) is 0 Å². The molecule has 0 spiro atoms. The minimum atomic E-state index is -0.326. The van der Waals surface area contributed by atoms with E-state index in [0.29, 0.717) is 21.6 Å². The molecule has 0 aliphatic carbocycles. The lowest BCUT2D eigenvalue weighted by atomic mass is 10.2. The van der Waals surface area contributed by atoms with Crippen molar-refractivity contribution in [3.05, 3.63) is 87.8 Å². The predicted molar refractivity (Wildman–Crippen MR) is 109 cm³/mol. The van der Waals surface area contributed by atoms with Gasteiger partial charge in [-0.1, -0.05) is 29.4 Å². The van der Waals surface area contributed by atoms with Gasteiger partial charge < -0.3 is 9.73 Å². The molecule has 1 aromatic carbocycles. The molecule has 3 heterocycles. The van der Waals surface area contributed by atoms with Crippen LogP contribution in [-0.4, -0.2) is 19.5 Å². The van der Waals surface area contributed by atoms with Crippen LogP contribution in [0.25, 0.3) is 0 Å². The van der Waals surface area contributed by atoms with Crippen molar-refractivity contribution in [3.8, 4) is 0 Å². The molecule has 0 radical (unpaired) electrons. The normalized spacial score (nSPS) is 10.9. The Morgan fingerprint density at radius 2 is 2.00 bits per heavy atom. The Hall–Kier alpha value is -2.97. The van der Waals surface area contributed by atoms with E-state index in [1.54, 1.807) is 35.5 Å². The van der Waals surface area contributed by atoms with E-state index in [-0.39, 0.29) is 11.4 Å². The SMILES string of the molecule is Cc1ccc(Cl)cc1Nc1nnc(SCc2ccco2)n(-n2cccc2)c1=O. The highest BCUT2D eigenvalue weighted by Crippen LogP contribution is 2.24. The average molecular weight is 414 g/mol. The summed E-state index contributed by atoms with van der Waals surface area (Å²) in [6.07, 6.45) is 5.16. The van der Waals surface area contributed by atoms with Crippen LogP contribution in [0.3, 0.4) is 0 Å². The zero-order valence-corrected chi connectivity index (χ0v) is 16.4. The van der Waals surface area contributed by atoms with Gasteiger partial charge in [-0.05, 0) is 48.9 Å². The van der Waals surface area contributed by atoms with Crippen molar-refractivity contribution in [2.75, 3.05) is 5.32 Å². The van der Waals surface area contributed by atoms with Gasteiger partial charge in [0.1, 0.15) is 5.76 Å². The Bertz CT molecular complexity index is 1140. The summed E-state index contributed by atoms with van der Waals surface area (Å²) in [5.74, 6) is 1.43. The molecule has 28 heavy (non-hydrogen) atoms. The Labute approximate surface area is 169 Å². The van der Waals surface area contributed by atoms with E-state index in [9.17, 15) is 4.79 Å². The fraction of sp³-hybridized carbons (Fsp3) is 0.105. The van der Waals surface area contributed by atoms with Crippen molar-refractivity contribution in [1.82, 2.24) is 19.5 Å². The molecule has 4 aromatic rings. The second-order valence-electron chi connectivity index (χ2n) is 5.96. The van der Waals surface area contributed by atoms with Gasteiger partial charge in [0.15, 0.2) is 0 Å². The summed E-state index contributed by atoms with van der Waals surface area (Å²) >= 11 is 7.44. The van der Waals surface area contributed by atoms with E-state index in [4.69, 9.17) is 16.0 Å². The number of rotatable bonds is 6. The molecule has 0 atom stereocenters. The van der Waals surface area contributed by atoms with Crippen LogP contribution in [0.4, 0.5) is 11.5 Å². The molecule has 7 nitrogen and oxygen atoms in total. The van der Waals surface area contributed by atoms with E-state index >= 15 is 0 Å². The zero-order valence-electron chi connectivity index (χ0n) is 14.9. The first-order valence-electron chi connectivity index (χ1n) is 8.43. The number of aryl methyl sites for hydroxylation is 1. The quantitative estimate of drug-likeness (QED) is 0.474. The van der Waals surface area contributed by atoms with Gasteiger partial charge in [0.05, 0.1) is 12.0 Å². The van der Waals surface area contributed by atoms with Crippen molar-refractivity contribution in [3.63, 3.8) is 0 Å². The topological polar surface area (TPSA) is 77.9 Å². The summed E-state index contributed by atoms with van der Waals surface area (Å²) in [6, 6.07) is 12.8. The maximum Gasteiger partial charge on any atom is 0.316 e. The molecule has 0 saturated carbocycles. The number of halogens is 1. The van der Waals surface area contributed by atoms with Crippen LogP contribution in [0.5, 0.6) is 0 Å². The number of anilines is 2. The van der Waals surface area contributed by atoms with Crippen molar-refractivity contribution < 1.29 is 4.42 Å². The van der Waals surface area contributed by atoms with Crippen LogP contribution in [0, 0.1) is 6.92 Å². The van der Waals surface area contributed by atoms with Crippen molar-refractivity contribution in [2.45, 2.75) is 17.8 Å². The minimum absolute atomic E-state index is 0.112. The number of benzene rings is 1. The van der Waals surface area contributed by atoms with E-state index in [0.717, 1.165) is 11.3 Å². The second-order valence-corrected chi connectivity index (χ2v) is 7.34. The van der Waals surface area contributed by atoms with E-state index in [1.807, 2.05) is 37.3 Å². The second kappa shape index (κ2) is 7.95. The molecular weight excluding hydrogens is 398 g/mol. The molecule has 3 aromatic heterocycles. The lowest BCUT2D eigenvalue weighted by molar-refractivity contribution is 0.523.